The quantitative estimate of drug-likeness (QED) is 0.770. The van der Waals surface area contributed by atoms with Gasteiger partial charge >= 0.3 is 0 Å². The average Bonchev–Trinajstić information content (AvgIpc) is 2.43. The molecule has 6 heteroatoms. The second kappa shape index (κ2) is 6.87. The van der Waals surface area contributed by atoms with Crippen LogP contribution in [0.2, 0.25) is 0 Å². The lowest BCUT2D eigenvalue weighted by atomic mass is 10.2. The Labute approximate surface area is 125 Å². The van der Waals surface area contributed by atoms with Crippen molar-refractivity contribution in [3.8, 4) is 0 Å². The molecule has 21 heavy (non-hydrogen) atoms. The van der Waals surface area contributed by atoms with Crippen LogP contribution in [0.25, 0.3) is 10.9 Å². The maximum absolute atomic E-state index is 12.2. The minimum atomic E-state index is -3.34. The Morgan fingerprint density at radius 2 is 2.00 bits per heavy atom. The van der Waals surface area contributed by atoms with Crippen molar-refractivity contribution in [2.75, 3.05) is 23.6 Å². The van der Waals surface area contributed by atoms with Gasteiger partial charge in [0.2, 0.25) is 10.0 Å². The average molecular weight is 307 g/mol. The standard InChI is InChI=1S/C15H21N3O2S/c1-3-16-9-6-10-21(19,20)18-15-11-12(2)17-14-8-5-4-7-13(14)15/h4-5,7-8,11,16H,3,6,9-10H2,1-2H3,(H,17,18). The van der Waals surface area contributed by atoms with Crippen molar-refractivity contribution >= 4 is 26.6 Å². The lowest BCUT2D eigenvalue weighted by Gasteiger charge is -2.11. The second-order valence-electron chi connectivity index (χ2n) is 4.96. The van der Waals surface area contributed by atoms with Gasteiger partial charge in [0, 0.05) is 11.1 Å². The summed E-state index contributed by atoms with van der Waals surface area (Å²) < 4.78 is 27.0. The largest absolute Gasteiger partial charge is 0.317 e. The van der Waals surface area contributed by atoms with Gasteiger partial charge in [-0.05, 0) is 38.6 Å². The van der Waals surface area contributed by atoms with Crippen molar-refractivity contribution in [3.63, 3.8) is 0 Å². The van der Waals surface area contributed by atoms with E-state index in [-0.39, 0.29) is 5.75 Å². The Bertz CT molecular complexity index is 714. The van der Waals surface area contributed by atoms with Gasteiger partial charge in [-0.3, -0.25) is 9.71 Å². The number of hydrogen-bond donors (Lipinski definition) is 2. The molecular weight excluding hydrogens is 286 g/mol. The van der Waals surface area contributed by atoms with Crippen LogP contribution in [0.4, 0.5) is 5.69 Å². The molecule has 0 atom stereocenters. The van der Waals surface area contributed by atoms with Crippen LogP contribution in [0.5, 0.6) is 0 Å². The molecule has 1 aromatic heterocycles. The molecule has 0 aliphatic rings. The number of nitrogens with zero attached hydrogens (tertiary/aromatic N) is 1. The highest BCUT2D eigenvalue weighted by Gasteiger charge is 2.12. The first kappa shape index (κ1) is 15.7. The Hall–Kier alpha value is -1.66. The molecule has 0 unspecified atom stereocenters. The van der Waals surface area contributed by atoms with E-state index < -0.39 is 10.0 Å². The lowest BCUT2D eigenvalue weighted by molar-refractivity contribution is 0.595. The number of sulfonamides is 1. The SMILES string of the molecule is CCNCCCS(=O)(=O)Nc1cc(C)nc2ccccc12. The van der Waals surface area contributed by atoms with Crippen molar-refractivity contribution < 1.29 is 8.42 Å². The summed E-state index contributed by atoms with van der Waals surface area (Å²) in [6.45, 7) is 5.41. The molecule has 0 saturated heterocycles. The van der Waals surface area contributed by atoms with Gasteiger partial charge in [0.1, 0.15) is 0 Å². The third-order valence-electron chi connectivity index (χ3n) is 3.13. The monoisotopic (exact) mass is 307 g/mol. The zero-order valence-electron chi connectivity index (χ0n) is 12.4. The Morgan fingerprint density at radius 3 is 2.76 bits per heavy atom. The molecule has 0 bridgehead atoms. The summed E-state index contributed by atoms with van der Waals surface area (Å²) in [5.41, 5.74) is 2.18. The van der Waals surface area contributed by atoms with Crippen LogP contribution in [0, 0.1) is 6.92 Å². The summed E-state index contributed by atoms with van der Waals surface area (Å²) in [6, 6.07) is 9.29. The van der Waals surface area contributed by atoms with Crippen molar-refractivity contribution in [2.45, 2.75) is 20.3 Å². The number of anilines is 1. The first-order chi connectivity index (χ1) is 10.0. The highest BCUT2D eigenvalue weighted by molar-refractivity contribution is 7.92. The van der Waals surface area contributed by atoms with Gasteiger partial charge in [-0.15, -0.1) is 0 Å². The first-order valence-corrected chi connectivity index (χ1v) is 8.74. The van der Waals surface area contributed by atoms with E-state index in [1.165, 1.54) is 0 Å². The topological polar surface area (TPSA) is 71.1 Å². The Morgan fingerprint density at radius 1 is 1.24 bits per heavy atom. The fourth-order valence-corrected chi connectivity index (χ4v) is 3.31. The van der Waals surface area contributed by atoms with E-state index >= 15 is 0 Å². The number of hydrogen-bond acceptors (Lipinski definition) is 4. The molecule has 5 nitrogen and oxygen atoms in total. The second-order valence-corrected chi connectivity index (χ2v) is 6.80. The van der Waals surface area contributed by atoms with E-state index in [0.29, 0.717) is 18.7 Å². The fraction of sp³-hybridized carbons (Fsp3) is 0.400. The number of nitrogens with one attached hydrogen (secondary N) is 2. The van der Waals surface area contributed by atoms with Crippen LogP contribution in [0.1, 0.15) is 19.0 Å². The van der Waals surface area contributed by atoms with Crippen LogP contribution >= 0.6 is 0 Å². The maximum atomic E-state index is 12.2. The minimum Gasteiger partial charge on any atom is -0.317 e. The summed E-state index contributed by atoms with van der Waals surface area (Å²) in [4.78, 5) is 4.41. The van der Waals surface area contributed by atoms with Gasteiger partial charge < -0.3 is 5.32 Å². The van der Waals surface area contributed by atoms with Crippen LogP contribution in [-0.2, 0) is 10.0 Å². The minimum absolute atomic E-state index is 0.107. The fourth-order valence-electron chi connectivity index (χ4n) is 2.17. The molecule has 0 fully saturated rings. The van der Waals surface area contributed by atoms with Crippen molar-refractivity contribution in [3.05, 3.63) is 36.0 Å². The van der Waals surface area contributed by atoms with Crippen LogP contribution < -0.4 is 10.0 Å². The van der Waals surface area contributed by atoms with Gasteiger partial charge in [-0.1, -0.05) is 25.1 Å². The zero-order valence-corrected chi connectivity index (χ0v) is 13.2. The summed E-state index contributed by atoms with van der Waals surface area (Å²) in [7, 11) is -3.34. The van der Waals surface area contributed by atoms with E-state index in [0.717, 1.165) is 23.1 Å². The number of aryl methyl sites for hydroxylation is 1. The van der Waals surface area contributed by atoms with E-state index in [2.05, 4.69) is 15.0 Å². The molecule has 114 valence electrons. The van der Waals surface area contributed by atoms with Crippen molar-refractivity contribution in [2.24, 2.45) is 0 Å². The van der Waals surface area contributed by atoms with E-state index in [1.54, 1.807) is 6.07 Å². The number of rotatable bonds is 7. The molecule has 1 aromatic carbocycles. The molecule has 2 rings (SSSR count). The summed E-state index contributed by atoms with van der Waals surface area (Å²) >= 11 is 0. The predicted octanol–water partition coefficient (Wildman–Crippen LogP) is 2.28. The van der Waals surface area contributed by atoms with Crippen LogP contribution in [0.15, 0.2) is 30.3 Å². The summed E-state index contributed by atoms with van der Waals surface area (Å²) in [5.74, 6) is 0.107. The summed E-state index contributed by atoms with van der Waals surface area (Å²) in [6.07, 6.45) is 0.588. The zero-order chi connectivity index (χ0) is 15.3. The normalized spacial score (nSPS) is 11.7. The third-order valence-corrected chi connectivity index (χ3v) is 4.48. The molecule has 1 heterocycles. The molecule has 0 aliphatic carbocycles. The van der Waals surface area contributed by atoms with Crippen LogP contribution in [0.3, 0.4) is 0 Å². The maximum Gasteiger partial charge on any atom is 0.232 e. The van der Waals surface area contributed by atoms with Gasteiger partial charge in [0.15, 0.2) is 0 Å². The highest BCUT2D eigenvalue weighted by Crippen LogP contribution is 2.23. The van der Waals surface area contributed by atoms with Gasteiger partial charge in [0.25, 0.3) is 0 Å². The number of pyridine rings is 1. The van der Waals surface area contributed by atoms with Crippen molar-refractivity contribution in [1.29, 1.82) is 0 Å². The lowest BCUT2D eigenvalue weighted by Crippen LogP contribution is -2.22. The summed E-state index contributed by atoms with van der Waals surface area (Å²) in [5, 5.41) is 3.94. The number of fused-ring (bicyclic) bond motifs is 1. The van der Waals surface area contributed by atoms with Gasteiger partial charge in [-0.25, -0.2) is 8.42 Å². The molecule has 0 spiro atoms. The number of aromatic nitrogens is 1. The molecule has 0 aliphatic heterocycles. The van der Waals surface area contributed by atoms with E-state index in [4.69, 9.17) is 0 Å². The smallest absolute Gasteiger partial charge is 0.232 e. The molecule has 0 saturated carbocycles. The van der Waals surface area contributed by atoms with Crippen LogP contribution in [-0.4, -0.2) is 32.2 Å². The molecular formula is C15H21N3O2S. The molecule has 2 N–H and O–H groups in total. The van der Waals surface area contributed by atoms with E-state index in [9.17, 15) is 8.42 Å². The van der Waals surface area contributed by atoms with Gasteiger partial charge in [0.05, 0.1) is 17.0 Å². The molecule has 0 amide bonds. The molecule has 2 aromatic rings. The Balaban J connectivity index is 2.19. The first-order valence-electron chi connectivity index (χ1n) is 7.09. The Kier molecular flexibility index (Phi) is 5.14. The predicted molar refractivity (Wildman–Crippen MR) is 87.1 cm³/mol. The molecule has 0 radical (unpaired) electrons. The van der Waals surface area contributed by atoms with Gasteiger partial charge in [-0.2, -0.15) is 0 Å². The third kappa shape index (κ3) is 4.41. The highest BCUT2D eigenvalue weighted by atomic mass is 32.2. The van der Waals surface area contributed by atoms with E-state index in [1.807, 2.05) is 38.1 Å². The number of benzene rings is 1. The number of para-hydroxylation sites is 1. The van der Waals surface area contributed by atoms with Crippen molar-refractivity contribution in [1.82, 2.24) is 10.3 Å².